The summed E-state index contributed by atoms with van der Waals surface area (Å²) in [5, 5.41) is 1.69. The Bertz CT molecular complexity index is 153. The van der Waals surface area contributed by atoms with Gasteiger partial charge in [-0.05, 0) is 6.92 Å². The van der Waals surface area contributed by atoms with Gasteiger partial charge in [0.2, 0.25) is 0 Å². The second-order valence-electron chi connectivity index (χ2n) is 0.882. The molecule has 0 spiro atoms. The first-order valence-electron chi connectivity index (χ1n) is 1.59. The van der Waals surface area contributed by atoms with Gasteiger partial charge in [0.05, 0.1) is 0 Å². The number of hydrogen-bond donors (Lipinski definition) is 1. The molecule has 0 aromatic rings. The fourth-order valence-electron chi connectivity index (χ4n) is 0.149. The highest BCUT2D eigenvalue weighted by molar-refractivity contribution is 7.87. The third-order valence-electron chi connectivity index (χ3n) is 0.267. The van der Waals surface area contributed by atoms with E-state index in [0.29, 0.717) is 0 Å². The largest absolute Gasteiger partial charge is 0.295 e. The highest BCUT2D eigenvalue weighted by Gasteiger charge is 1.91. The van der Waals surface area contributed by atoms with E-state index < -0.39 is 10.1 Å². The van der Waals surface area contributed by atoms with Gasteiger partial charge in [-0.25, -0.2) is 0 Å². The Morgan fingerprint density at radius 2 is 2.14 bits per heavy atom. The first kappa shape index (κ1) is 6.65. The number of hydrogen-bond acceptors (Lipinski definition) is 2. The lowest BCUT2D eigenvalue weighted by molar-refractivity contribution is 0.492. The Morgan fingerprint density at radius 3 is 2.14 bits per heavy atom. The van der Waals surface area contributed by atoms with Crippen molar-refractivity contribution in [3.63, 3.8) is 0 Å². The lowest BCUT2D eigenvalue weighted by Gasteiger charge is -1.74. The quantitative estimate of drug-likeness (QED) is 0.504. The van der Waals surface area contributed by atoms with Crippen molar-refractivity contribution >= 4 is 10.1 Å². The van der Waals surface area contributed by atoms with Gasteiger partial charge in [0, 0.05) is 0 Å². The normalized spacial score (nSPS) is 12.9. The van der Waals surface area contributed by atoms with Crippen molar-refractivity contribution < 1.29 is 13.0 Å². The molecule has 0 aliphatic heterocycles. The van der Waals surface area contributed by atoms with Gasteiger partial charge in [0.25, 0.3) is 10.1 Å². The molecule has 0 heterocycles. The van der Waals surface area contributed by atoms with Gasteiger partial charge in [-0.1, -0.05) is 6.08 Å². The third kappa shape index (κ3) is 5.65. The van der Waals surface area contributed by atoms with Gasteiger partial charge >= 0.3 is 0 Å². The van der Waals surface area contributed by atoms with E-state index in [-0.39, 0.29) is 0 Å². The molecule has 0 aliphatic carbocycles. The van der Waals surface area contributed by atoms with Gasteiger partial charge in [-0.2, -0.15) is 8.42 Å². The van der Waals surface area contributed by atoms with Crippen molar-refractivity contribution in [3.8, 4) is 0 Å². The van der Waals surface area contributed by atoms with Crippen LogP contribution in [0.25, 0.3) is 0 Å². The topological polar surface area (TPSA) is 54.4 Å². The van der Waals surface area contributed by atoms with Crippen molar-refractivity contribution in [1.29, 1.82) is 0 Å². The lowest BCUT2D eigenvalue weighted by atomic mass is 10.8. The van der Waals surface area contributed by atoms with Gasteiger partial charge in [0.15, 0.2) is 0 Å². The molecule has 0 saturated carbocycles. The van der Waals surface area contributed by atoms with Crippen molar-refractivity contribution in [1.82, 2.24) is 0 Å². The van der Waals surface area contributed by atoms with Gasteiger partial charge in [-0.15, -0.1) is 0 Å². The van der Waals surface area contributed by atoms with Crippen LogP contribution in [0.2, 0.25) is 0 Å². The molecule has 7 heavy (non-hydrogen) atoms. The molecule has 0 fully saturated rings. The van der Waals surface area contributed by atoms with E-state index in [1.165, 1.54) is 6.92 Å². The highest BCUT2D eigenvalue weighted by atomic mass is 32.2. The summed E-state index contributed by atoms with van der Waals surface area (Å²) in [4.78, 5) is 0. The zero-order valence-electron chi connectivity index (χ0n) is 3.75. The molecule has 4 heteroatoms. The van der Waals surface area contributed by atoms with Crippen LogP contribution in [-0.2, 0) is 10.1 Å². The SMILES string of the molecule is CC=[C]S(=O)(=O)O. The average molecular weight is 121 g/mol. The fourth-order valence-corrected chi connectivity index (χ4v) is 0.447. The van der Waals surface area contributed by atoms with Crippen LogP contribution in [0.1, 0.15) is 6.92 Å². The summed E-state index contributed by atoms with van der Waals surface area (Å²) in [6.45, 7) is 1.45. The van der Waals surface area contributed by atoms with Crippen LogP contribution in [-0.4, -0.2) is 13.0 Å². The summed E-state index contributed by atoms with van der Waals surface area (Å²) in [5.41, 5.74) is 0. The maximum atomic E-state index is 9.64. The van der Waals surface area contributed by atoms with Crippen molar-refractivity contribution in [2.45, 2.75) is 6.92 Å². The van der Waals surface area contributed by atoms with E-state index in [4.69, 9.17) is 4.55 Å². The van der Waals surface area contributed by atoms with Crippen molar-refractivity contribution in [3.05, 3.63) is 11.5 Å². The molecule has 0 unspecified atom stereocenters. The van der Waals surface area contributed by atoms with E-state index in [2.05, 4.69) is 0 Å². The smallest absolute Gasteiger partial charge is 0.282 e. The van der Waals surface area contributed by atoms with Crippen LogP contribution in [0.4, 0.5) is 0 Å². The number of rotatable bonds is 1. The molecule has 1 radical (unpaired) electrons. The minimum absolute atomic E-state index is 1.12. The Labute approximate surface area is 42.4 Å². The molecule has 0 atom stereocenters. The second-order valence-corrected chi connectivity index (χ2v) is 2.07. The Hall–Kier alpha value is -0.350. The molecule has 0 amide bonds. The monoisotopic (exact) mass is 121 g/mol. The zero-order chi connectivity index (χ0) is 5.91. The van der Waals surface area contributed by atoms with Gasteiger partial charge in [-0.3, -0.25) is 4.55 Å². The van der Waals surface area contributed by atoms with Gasteiger partial charge in [0.1, 0.15) is 5.41 Å². The maximum absolute atomic E-state index is 9.64. The Kier molecular flexibility index (Phi) is 1.98. The summed E-state index contributed by atoms with van der Waals surface area (Å²) in [7, 11) is -3.98. The molecule has 0 saturated heterocycles. The lowest BCUT2D eigenvalue weighted by Crippen LogP contribution is -1.88. The van der Waals surface area contributed by atoms with E-state index >= 15 is 0 Å². The summed E-state index contributed by atoms with van der Waals surface area (Å²) in [6.07, 6.45) is 1.12. The van der Waals surface area contributed by atoms with Crippen LogP contribution in [0, 0.1) is 5.41 Å². The van der Waals surface area contributed by atoms with E-state index in [1.54, 1.807) is 5.41 Å². The predicted octanol–water partition coefficient (Wildman–Crippen LogP) is 0.211. The van der Waals surface area contributed by atoms with E-state index in [0.717, 1.165) is 6.08 Å². The number of allylic oxidation sites excluding steroid dienone is 1. The molecule has 0 bridgehead atoms. The minimum Gasteiger partial charge on any atom is -0.282 e. The fraction of sp³-hybridized carbons (Fsp3) is 0.333. The van der Waals surface area contributed by atoms with E-state index in [9.17, 15) is 8.42 Å². The molecular weight excluding hydrogens is 116 g/mol. The standard InChI is InChI=1S/C3H5O3S/c1-2-3-7(4,5)6/h2H,1H3,(H,4,5,6). The summed E-state index contributed by atoms with van der Waals surface area (Å²) in [6, 6.07) is 0. The predicted molar refractivity (Wildman–Crippen MR) is 25.0 cm³/mol. The molecule has 3 nitrogen and oxygen atoms in total. The second kappa shape index (κ2) is 2.09. The molecule has 41 valence electrons. The van der Waals surface area contributed by atoms with Crippen molar-refractivity contribution in [2.75, 3.05) is 0 Å². The summed E-state index contributed by atoms with van der Waals surface area (Å²) in [5.74, 6) is 0. The molecule has 1 N–H and O–H groups in total. The molecule has 0 aromatic carbocycles. The average Bonchev–Trinajstić information content (AvgIpc) is 1.30. The zero-order valence-corrected chi connectivity index (χ0v) is 4.57. The van der Waals surface area contributed by atoms with Crippen LogP contribution < -0.4 is 0 Å². The Morgan fingerprint density at radius 1 is 1.71 bits per heavy atom. The minimum atomic E-state index is -3.98. The molecule has 0 rings (SSSR count). The van der Waals surface area contributed by atoms with Crippen LogP contribution in [0.15, 0.2) is 6.08 Å². The maximum Gasteiger partial charge on any atom is 0.295 e. The summed E-state index contributed by atoms with van der Waals surface area (Å²) < 4.78 is 27.1. The molecular formula is C3H5O3S. The first-order valence-corrected chi connectivity index (χ1v) is 3.03. The van der Waals surface area contributed by atoms with Crippen molar-refractivity contribution in [2.24, 2.45) is 0 Å². The van der Waals surface area contributed by atoms with Crippen LogP contribution >= 0.6 is 0 Å². The highest BCUT2D eigenvalue weighted by Crippen LogP contribution is 1.78. The van der Waals surface area contributed by atoms with Crippen LogP contribution in [0.5, 0.6) is 0 Å². The third-order valence-corrected chi connectivity index (χ3v) is 0.800. The summed E-state index contributed by atoms with van der Waals surface area (Å²) >= 11 is 0. The van der Waals surface area contributed by atoms with Crippen LogP contribution in [0.3, 0.4) is 0 Å². The molecule has 0 aliphatic rings. The van der Waals surface area contributed by atoms with E-state index in [1.807, 2.05) is 0 Å². The molecule has 0 aromatic heterocycles. The first-order chi connectivity index (χ1) is 3.06. The Balaban J connectivity index is 4.13. The van der Waals surface area contributed by atoms with Gasteiger partial charge < -0.3 is 0 Å².